The van der Waals surface area contributed by atoms with Crippen molar-refractivity contribution in [1.29, 1.82) is 0 Å². The lowest BCUT2D eigenvalue weighted by Gasteiger charge is -2.16. The molecule has 0 aliphatic heterocycles. The fourth-order valence-corrected chi connectivity index (χ4v) is 2.24. The molecule has 29 heavy (non-hydrogen) atoms. The van der Waals surface area contributed by atoms with Crippen LogP contribution in [0.25, 0.3) is 0 Å². The fourth-order valence-electron chi connectivity index (χ4n) is 2.24. The Morgan fingerprint density at radius 1 is 1.28 bits per heavy atom. The maximum Gasteiger partial charge on any atom is 0.422 e. The summed E-state index contributed by atoms with van der Waals surface area (Å²) in [5, 5.41) is 8.89. The van der Waals surface area contributed by atoms with Crippen molar-refractivity contribution in [1.82, 2.24) is 16.0 Å². The van der Waals surface area contributed by atoms with Crippen molar-refractivity contribution in [2.45, 2.75) is 52.4 Å². The Hall–Kier alpha value is -1.72. The average Bonchev–Trinajstić information content (AvgIpc) is 2.63. The molecule has 6 nitrogen and oxygen atoms in total. The lowest BCUT2D eigenvalue weighted by molar-refractivity contribution is -0.153. The second-order valence-electron chi connectivity index (χ2n) is 6.49. The van der Waals surface area contributed by atoms with Crippen LogP contribution in [0.15, 0.2) is 23.2 Å². The zero-order valence-corrected chi connectivity index (χ0v) is 19.5. The molecule has 0 saturated heterocycles. The molecular weight excluding hydrogens is 500 g/mol. The molecule has 0 aliphatic rings. The number of guanidine groups is 1. The quantitative estimate of drug-likeness (QED) is 0.260. The number of halogens is 4. The van der Waals surface area contributed by atoms with E-state index in [0.29, 0.717) is 18.1 Å². The highest BCUT2D eigenvalue weighted by atomic mass is 127. The van der Waals surface area contributed by atoms with Crippen molar-refractivity contribution in [2.24, 2.45) is 4.99 Å². The number of nitrogens with one attached hydrogen (secondary N) is 3. The molecule has 1 amide bonds. The second kappa shape index (κ2) is 13.5. The van der Waals surface area contributed by atoms with E-state index in [1.165, 1.54) is 0 Å². The van der Waals surface area contributed by atoms with Gasteiger partial charge in [0.1, 0.15) is 5.75 Å². The fraction of sp³-hybridized carbons (Fsp3) is 0.579. The van der Waals surface area contributed by atoms with Crippen molar-refractivity contribution < 1.29 is 22.7 Å². The molecule has 0 bridgehead atoms. The van der Waals surface area contributed by atoms with Gasteiger partial charge in [-0.2, -0.15) is 13.2 Å². The molecule has 0 heterocycles. The number of amides is 1. The summed E-state index contributed by atoms with van der Waals surface area (Å²) in [5.41, 5.74) is 1.38. The van der Waals surface area contributed by atoms with Crippen molar-refractivity contribution in [2.75, 3.05) is 20.2 Å². The van der Waals surface area contributed by atoms with Gasteiger partial charge in [-0.25, -0.2) is 0 Å². The summed E-state index contributed by atoms with van der Waals surface area (Å²) in [6.07, 6.45) is -3.25. The standard InChI is InChI=1S/C19H29F3N4O2.HI/c1-5-14(3)26-17(27)8-9-24-18(23-4)25-11-15-7-6-13(2)10-16(15)28-12-19(20,21)22;/h6-7,10,14H,5,8-9,11-12H2,1-4H3,(H,26,27)(H2,23,24,25);1H. The molecule has 0 radical (unpaired) electrons. The van der Waals surface area contributed by atoms with Crippen LogP contribution in [-0.2, 0) is 11.3 Å². The summed E-state index contributed by atoms with van der Waals surface area (Å²) in [5.74, 6) is 0.561. The highest BCUT2D eigenvalue weighted by molar-refractivity contribution is 14.0. The Balaban J connectivity index is 0.00000784. The van der Waals surface area contributed by atoms with Gasteiger partial charge in [0.25, 0.3) is 0 Å². The summed E-state index contributed by atoms with van der Waals surface area (Å²) in [7, 11) is 1.57. The van der Waals surface area contributed by atoms with Gasteiger partial charge in [0.05, 0.1) is 0 Å². The summed E-state index contributed by atoms with van der Waals surface area (Å²) in [6.45, 7) is 4.97. The number of aliphatic imine (C=N–C) groups is 1. The van der Waals surface area contributed by atoms with E-state index in [0.717, 1.165) is 12.0 Å². The van der Waals surface area contributed by atoms with Crippen LogP contribution in [0.3, 0.4) is 0 Å². The van der Waals surface area contributed by atoms with E-state index in [-0.39, 0.29) is 54.6 Å². The van der Waals surface area contributed by atoms with Gasteiger partial charge in [-0.3, -0.25) is 9.79 Å². The van der Waals surface area contributed by atoms with E-state index < -0.39 is 12.8 Å². The van der Waals surface area contributed by atoms with Crippen LogP contribution >= 0.6 is 24.0 Å². The first-order valence-electron chi connectivity index (χ1n) is 9.17. The van der Waals surface area contributed by atoms with Crippen molar-refractivity contribution in [3.8, 4) is 5.75 Å². The van der Waals surface area contributed by atoms with E-state index in [1.54, 1.807) is 32.2 Å². The van der Waals surface area contributed by atoms with Gasteiger partial charge in [-0.05, 0) is 31.9 Å². The minimum absolute atomic E-state index is 0. The number of hydrogen-bond donors (Lipinski definition) is 3. The Morgan fingerprint density at radius 3 is 2.55 bits per heavy atom. The number of nitrogens with zero attached hydrogens (tertiary/aromatic N) is 1. The topological polar surface area (TPSA) is 74.8 Å². The van der Waals surface area contributed by atoms with Crippen LogP contribution in [0.5, 0.6) is 5.75 Å². The zero-order chi connectivity index (χ0) is 21.2. The van der Waals surface area contributed by atoms with Crippen LogP contribution in [0.4, 0.5) is 13.2 Å². The molecule has 0 fully saturated rings. The third-order valence-corrected chi connectivity index (χ3v) is 3.95. The van der Waals surface area contributed by atoms with Gasteiger partial charge >= 0.3 is 6.18 Å². The van der Waals surface area contributed by atoms with Gasteiger partial charge in [0.15, 0.2) is 12.6 Å². The minimum atomic E-state index is -4.40. The van der Waals surface area contributed by atoms with Crippen LogP contribution < -0.4 is 20.7 Å². The number of ether oxygens (including phenoxy) is 1. The number of hydrogen-bond acceptors (Lipinski definition) is 3. The first-order chi connectivity index (χ1) is 13.1. The third kappa shape index (κ3) is 11.8. The molecule has 0 aromatic heterocycles. The number of carbonyl (C=O) groups excluding carboxylic acids is 1. The lowest BCUT2D eigenvalue weighted by Crippen LogP contribution is -2.40. The monoisotopic (exact) mass is 530 g/mol. The van der Waals surface area contributed by atoms with Gasteiger partial charge in [-0.1, -0.05) is 19.1 Å². The minimum Gasteiger partial charge on any atom is -0.484 e. The first-order valence-corrected chi connectivity index (χ1v) is 9.17. The third-order valence-electron chi connectivity index (χ3n) is 3.95. The maximum absolute atomic E-state index is 12.4. The smallest absolute Gasteiger partial charge is 0.422 e. The molecule has 0 saturated carbocycles. The highest BCUT2D eigenvalue weighted by Gasteiger charge is 2.28. The van der Waals surface area contributed by atoms with E-state index in [1.807, 2.05) is 13.8 Å². The molecule has 1 aromatic rings. The Morgan fingerprint density at radius 2 is 1.97 bits per heavy atom. The van der Waals surface area contributed by atoms with E-state index in [2.05, 4.69) is 20.9 Å². The normalized spacial score (nSPS) is 12.6. The molecule has 0 spiro atoms. The van der Waals surface area contributed by atoms with E-state index in [9.17, 15) is 18.0 Å². The molecule has 1 aromatic carbocycles. The summed E-state index contributed by atoms with van der Waals surface area (Å²) >= 11 is 0. The predicted octanol–water partition coefficient (Wildman–Crippen LogP) is 3.52. The van der Waals surface area contributed by atoms with Crippen molar-refractivity contribution in [3.63, 3.8) is 0 Å². The van der Waals surface area contributed by atoms with E-state index >= 15 is 0 Å². The summed E-state index contributed by atoms with van der Waals surface area (Å²) in [4.78, 5) is 15.8. The Labute approximate surface area is 187 Å². The van der Waals surface area contributed by atoms with E-state index in [4.69, 9.17) is 4.74 Å². The number of rotatable bonds is 9. The maximum atomic E-state index is 12.4. The molecule has 3 N–H and O–H groups in total. The molecule has 0 aliphatic carbocycles. The molecule has 1 unspecified atom stereocenters. The van der Waals surface area contributed by atoms with Crippen molar-refractivity contribution >= 4 is 35.8 Å². The van der Waals surface area contributed by atoms with Gasteiger partial charge in [0.2, 0.25) is 5.91 Å². The number of carbonyl (C=O) groups is 1. The number of aryl methyl sites for hydroxylation is 1. The summed E-state index contributed by atoms with van der Waals surface area (Å²) in [6, 6.07) is 5.20. The Bertz CT molecular complexity index is 669. The lowest BCUT2D eigenvalue weighted by atomic mass is 10.1. The van der Waals surface area contributed by atoms with Gasteiger partial charge < -0.3 is 20.7 Å². The number of benzene rings is 1. The van der Waals surface area contributed by atoms with Gasteiger partial charge in [0, 0.05) is 38.2 Å². The SMILES string of the molecule is CCC(C)NC(=O)CCNC(=NC)NCc1ccc(C)cc1OCC(F)(F)F.I. The second-order valence-corrected chi connectivity index (χ2v) is 6.49. The average molecular weight is 530 g/mol. The predicted molar refractivity (Wildman–Crippen MR) is 119 cm³/mol. The van der Waals surface area contributed by atoms with Crippen LogP contribution in [0.2, 0.25) is 0 Å². The highest BCUT2D eigenvalue weighted by Crippen LogP contribution is 2.23. The largest absolute Gasteiger partial charge is 0.484 e. The molecule has 10 heteroatoms. The van der Waals surface area contributed by atoms with Gasteiger partial charge in [-0.15, -0.1) is 24.0 Å². The molecule has 166 valence electrons. The first kappa shape index (κ1) is 27.3. The number of alkyl halides is 3. The Kier molecular flexibility index (Phi) is 12.7. The van der Waals surface area contributed by atoms with Crippen LogP contribution in [0.1, 0.15) is 37.8 Å². The molecule has 1 atom stereocenters. The van der Waals surface area contributed by atoms with Crippen LogP contribution in [-0.4, -0.2) is 44.3 Å². The molecular formula is C19H30F3IN4O2. The van der Waals surface area contributed by atoms with Crippen molar-refractivity contribution in [3.05, 3.63) is 29.3 Å². The molecule has 1 rings (SSSR count). The zero-order valence-electron chi connectivity index (χ0n) is 17.2. The van der Waals surface area contributed by atoms with Crippen LogP contribution in [0, 0.1) is 6.92 Å². The summed E-state index contributed by atoms with van der Waals surface area (Å²) < 4.78 is 42.3.